The molecule has 1 aliphatic rings. The van der Waals surface area contributed by atoms with Gasteiger partial charge in [-0.25, -0.2) is 8.78 Å². The molecule has 2 unspecified atom stereocenters. The summed E-state index contributed by atoms with van der Waals surface area (Å²) in [5.41, 5.74) is 2.03. The molecule has 0 heterocycles. The predicted molar refractivity (Wildman–Crippen MR) is 75.8 cm³/mol. The largest absolute Gasteiger partial charge is 0.255 e. The van der Waals surface area contributed by atoms with Gasteiger partial charge < -0.3 is 0 Å². The van der Waals surface area contributed by atoms with E-state index in [1.165, 1.54) is 5.56 Å². The van der Waals surface area contributed by atoms with Gasteiger partial charge in [0.05, 0.1) is 0 Å². The van der Waals surface area contributed by atoms with Gasteiger partial charge in [-0.15, -0.1) is 0 Å². The standard InChI is InChI=1S/C17H24F2/c1-3-5-14-8-11-16(17(18,19)12-14)15-9-6-13(4-2)7-10-15/h6-7,9-10,14,16H,3-5,8,11-12H2,1-2H3. The van der Waals surface area contributed by atoms with Crippen LogP contribution in [0.3, 0.4) is 0 Å². The fraction of sp³-hybridized carbons (Fsp3) is 0.647. The number of hydrogen-bond acceptors (Lipinski definition) is 0. The fourth-order valence-corrected chi connectivity index (χ4v) is 3.29. The van der Waals surface area contributed by atoms with Crippen molar-refractivity contribution in [1.29, 1.82) is 0 Å². The lowest BCUT2D eigenvalue weighted by Gasteiger charge is -2.36. The maximum absolute atomic E-state index is 14.3. The van der Waals surface area contributed by atoms with Gasteiger partial charge in [0.1, 0.15) is 0 Å². The Bertz CT molecular complexity index is 394. The molecule has 1 fully saturated rings. The first kappa shape index (κ1) is 14.5. The minimum Gasteiger partial charge on any atom is -0.206 e. The molecule has 106 valence electrons. The predicted octanol–water partition coefficient (Wildman–Crippen LogP) is 5.57. The third kappa shape index (κ3) is 3.34. The number of alkyl halides is 2. The summed E-state index contributed by atoms with van der Waals surface area (Å²) in [7, 11) is 0. The van der Waals surface area contributed by atoms with E-state index in [2.05, 4.69) is 13.8 Å². The van der Waals surface area contributed by atoms with Crippen LogP contribution in [0.4, 0.5) is 8.78 Å². The molecule has 2 rings (SSSR count). The average molecular weight is 266 g/mol. The molecule has 0 N–H and O–H groups in total. The van der Waals surface area contributed by atoms with Crippen LogP contribution < -0.4 is 0 Å². The van der Waals surface area contributed by atoms with Gasteiger partial charge in [-0.3, -0.25) is 0 Å². The second kappa shape index (κ2) is 6.02. The van der Waals surface area contributed by atoms with Gasteiger partial charge in [0.25, 0.3) is 5.92 Å². The topological polar surface area (TPSA) is 0 Å². The van der Waals surface area contributed by atoms with Crippen molar-refractivity contribution in [2.24, 2.45) is 5.92 Å². The van der Waals surface area contributed by atoms with Crippen molar-refractivity contribution >= 4 is 0 Å². The summed E-state index contributed by atoms with van der Waals surface area (Å²) in [6.45, 7) is 4.16. The number of rotatable bonds is 4. The van der Waals surface area contributed by atoms with E-state index in [1.807, 2.05) is 24.3 Å². The van der Waals surface area contributed by atoms with Crippen LogP contribution in [0, 0.1) is 5.92 Å². The Kier molecular flexibility index (Phi) is 4.59. The molecule has 19 heavy (non-hydrogen) atoms. The molecule has 1 saturated carbocycles. The third-order valence-electron chi connectivity index (χ3n) is 4.42. The molecular formula is C17H24F2. The van der Waals surface area contributed by atoms with Gasteiger partial charge in [-0.2, -0.15) is 0 Å². The number of benzene rings is 1. The van der Waals surface area contributed by atoms with Gasteiger partial charge in [0.2, 0.25) is 0 Å². The molecular weight excluding hydrogens is 242 g/mol. The van der Waals surface area contributed by atoms with Crippen LogP contribution in [0.2, 0.25) is 0 Å². The Morgan fingerprint density at radius 3 is 2.32 bits per heavy atom. The summed E-state index contributed by atoms with van der Waals surface area (Å²) in [5.74, 6) is -2.90. The highest BCUT2D eigenvalue weighted by atomic mass is 19.3. The Morgan fingerprint density at radius 1 is 1.11 bits per heavy atom. The molecule has 2 heteroatoms. The maximum atomic E-state index is 14.3. The van der Waals surface area contributed by atoms with Crippen LogP contribution in [-0.2, 0) is 6.42 Å². The monoisotopic (exact) mass is 266 g/mol. The second-order valence-corrected chi connectivity index (χ2v) is 5.84. The van der Waals surface area contributed by atoms with E-state index in [1.54, 1.807) is 0 Å². The smallest absolute Gasteiger partial charge is 0.206 e. The summed E-state index contributed by atoms with van der Waals surface area (Å²) in [6.07, 6.45) is 4.56. The minimum atomic E-state index is -2.54. The van der Waals surface area contributed by atoms with Crippen LogP contribution in [0.5, 0.6) is 0 Å². The van der Waals surface area contributed by atoms with E-state index in [0.717, 1.165) is 31.2 Å². The highest BCUT2D eigenvalue weighted by molar-refractivity contribution is 5.27. The zero-order valence-corrected chi connectivity index (χ0v) is 12.0. The molecule has 0 aromatic heterocycles. The van der Waals surface area contributed by atoms with Gasteiger partial charge in [0, 0.05) is 12.3 Å². The van der Waals surface area contributed by atoms with Crippen molar-refractivity contribution in [3.8, 4) is 0 Å². The van der Waals surface area contributed by atoms with Gasteiger partial charge in [-0.1, -0.05) is 51.0 Å². The molecule has 0 spiro atoms. The lowest BCUT2D eigenvalue weighted by Crippen LogP contribution is -2.34. The number of halogens is 2. The first-order valence-electron chi connectivity index (χ1n) is 7.53. The summed E-state index contributed by atoms with van der Waals surface area (Å²) >= 11 is 0. The van der Waals surface area contributed by atoms with E-state index in [4.69, 9.17) is 0 Å². The van der Waals surface area contributed by atoms with Gasteiger partial charge >= 0.3 is 0 Å². The van der Waals surface area contributed by atoms with E-state index in [0.29, 0.717) is 6.42 Å². The van der Waals surface area contributed by atoms with Crippen LogP contribution in [-0.4, -0.2) is 5.92 Å². The molecule has 1 aromatic carbocycles. The molecule has 0 bridgehead atoms. The zero-order chi connectivity index (χ0) is 13.9. The van der Waals surface area contributed by atoms with Gasteiger partial charge in [0.15, 0.2) is 0 Å². The average Bonchev–Trinajstić information content (AvgIpc) is 2.38. The van der Waals surface area contributed by atoms with Crippen molar-refractivity contribution < 1.29 is 8.78 Å². The van der Waals surface area contributed by atoms with Gasteiger partial charge in [-0.05, 0) is 36.3 Å². The van der Waals surface area contributed by atoms with Crippen molar-refractivity contribution in [3.05, 3.63) is 35.4 Å². The molecule has 0 amide bonds. The van der Waals surface area contributed by atoms with Crippen molar-refractivity contribution in [2.75, 3.05) is 0 Å². The minimum absolute atomic E-state index is 0.0705. The highest BCUT2D eigenvalue weighted by Crippen LogP contribution is 2.47. The molecule has 0 saturated heterocycles. The normalized spacial score (nSPS) is 26.3. The van der Waals surface area contributed by atoms with Crippen LogP contribution in [0.25, 0.3) is 0 Å². The fourth-order valence-electron chi connectivity index (χ4n) is 3.29. The lowest BCUT2D eigenvalue weighted by molar-refractivity contribution is -0.0735. The second-order valence-electron chi connectivity index (χ2n) is 5.84. The quantitative estimate of drug-likeness (QED) is 0.668. The molecule has 0 nitrogen and oxygen atoms in total. The van der Waals surface area contributed by atoms with E-state index >= 15 is 0 Å². The third-order valence-corrected chi connectivity index (χ3v) is 4.42. The first-order valence-corrected chi connectivity index (χ1v) is 7.53. The van der Waals surface area contributed by atoms with Crippen LogP contribution in [0.15, 0.2) is 24.3 Å². The van der Waals surface area contributed by atoms with Crippen molar-refractivity contribution in [3.63, 3.8) is 0 Å². The van der Waals surface area contributed by atoms with E-state index < -0.39 is 11.8 Å². The summed E-state index contributed by atoms with van der Waals surface area (Å²) in [5, 5.41) is 0. The van der Waals surface area contributed by atoms with Crippen molar-refractivity contribution in [1.82, 2.24) is 0 Å². The van der Waals surface area contributed by atoms with E-state index in [-0.39, 0.29) is 12.3 Å². The Balaban J connectivity index is 2.11. The lowest BCUT2D eigenvalue weighted by atomic mass is 9.74. The van der Waals surface area contributed by atoms with Crippen LogP contribution >= 0.6 is 0 Å². The molecule has 0 radical (unpaired) electrons. The Morgan fingerprint density at radius 2 is 1.79 bits per heavy atom. The molecule has 2 atom stereocenters. The van der Waals surface area contributed by atoms with Crippen LogP contribution in [0.1, 0.15) is 63.0 Å². The SMILES string of the molecule is CCCC1CCC(c2ccc(CC)cc2)C(F)(F)C1. The maximum Gasteiger partial charge on any atom is 0.255 e. The molecule has 1 aromatic rings. The Labute approximate surface area is 115 Å². The Hall–Kier alpha value is -0.920. The molecule has 0 aliphatic heterocycles. The summed E-state index contributed by atoms with van der Waals surface area (Å²) in [4.78, 5) is 0. The number of aryl methyl sites for hydroxylation is 1. The molecule has 1 aliphatic carbocycles. The summed E-state index contributed by atoms with van der Waals surface area (Å²) in [6, 6.07) is 7.78. The van der Waals surface area contributed by atoms with E-state index in [9.17, 15) is 8.78 Å². The number of hydrogen-bond donors (Lipinski definition) is 0. The zero-order valence-electron chi connectivity index (χ0n) is 12.0. The summed E-state index contributed by atoms with van der Waals surface area (Å²) < 4.78 is 28.6. The highest BCUT2D eigenvalue weighted by Gasteiger charge is 2.45. The first-order chi connectivity index (χ1) is 9.06. The van der Waals surface area contributed by atoms with Crippen molar-refractivity contribution in [2.45, 2.75) is 64.2 Å².